The van der Waals surface area contributed by atoms with E-state index >= 15 is 0 Å². The topological polar surface area (TPSA) is 56.2 Å². The molecule has 3 aromatic rings. The average molecular weight is 370 g/mol. The Bertz CT molecular complexity index is 932. The van der Waals surface area contributed by atoms with Crippen LogP contribution in [0.1, 0.15) is 18.4 Å². The summed E-state index contributed by atoms with van der Waals surface area (Å²) in [7, 11) is 0. The monoisotopic (exact) mass is 369 g/mol. The van der Waals surface area contributed by atoms with Gasteiger partial charge in [0.1, 0.15) is 0 Å². The number of nitrogens with zero attached hydrogens (tertiary/aromatic N) is 2. The van der Waals surface area contributed by atoms with E-state index in [0.717, 1.165) is 48.1 Å². The molecule has 1 aliphatic heterocycles. The van der Waals surface area contributed by atoms with Crippen LogP contribution in [-0.2, 0) is 22.5 Å². The molecule has 1 saturated heterocycles. The van der Waals surface area contributed by atoms with Crippen molar-refractivity contribution in [3.8, 4) is 0 Å². The number of hydrogen-bond donors (Lipinski definition) is 1. The molecule has 1 aliphatic rings. The van der Waals surface area contributed by atoms with Crippen LogP contribution >= 0.6 is 11.6 Å². The molecule has 134 valence electrons. The molecule has 0 bridgehead atoms. The van der Waals surface area contributed by atoms with Gasteiger partial charge >= 0.3 is 0 Å². The maximum absolute atomic E-state index is 12.4. The van der Waals surface area contributed by atoms with E-state index in [1.165, 1.54) is 0 Å². The van der Waals surface area contributed by atoms with Crippen molar-refractivity contribution >= 4 is 34.1 Å². The number of amides is 1. The second kappa shape index (κ2) is 7.48. The van der Waals surface area contributed by atoms with Crippen molar-refractivity contribution in [1.82, 2.24) is 9.78 Å². The first-order valence-corrected chi connectivity index (χ1v) is 9.17. The maximum Gasteiger partial charge on any atom is 0.228 e. The van der Waals surface area contributed by atoms with E-state index in [0.29, 0.717) is 5.02 Å². The standard InChI is InChI=1S/C20H20ClN3O2/c21-18-6-2-1-4-14(18)10-20(25)23-16-8-7-15-12-22-24(19(15)11-16)13-17-5-3-9-26-17/h1-2,4,6-8,11-12,17H,3,5,9-10,13H2,(H,23,25). The number of ether oxygens (including phenoxy) is 1. The second-order valence-electron chi connectivity index (χ2n) is 6.55. The third-order valence-corrected chi connectivity index (χ3v) is 5.01. The SMILES string of the molecule is O=C(Cc1ccccc1Cl)Nc1ccc2cnn(CC3CCCO3)c2c1. The fraction of sp³-hybridized carbons (Fsp3) is 0.300. The Kier molecular flexibility index (Phi) is 4.91. The van der Waals surface area contributed by atoms with Crippen molar-refractivity contribution in [3.05, 3.63) is 59.2 Å². The van der Waals surface area contributed by atoms with Gasteiger partial charge in [0.25, 0.3) is 0 Å². The predicted octanol–water partition coefficient (Wildman–Crippen LogP) is 4.05. The first-order valence-electron chi connectivity index (χ1n) is 8.79. The summed E-state index contributed by atoms with van der Waals surface area (Å²) in [6.07, 6.45) is 4.48. The second-order valence-corrected chi connectivity index (χ2v) is 6.96. The lowest BCUT2D eigenvalue weighted by atomic mass is 10.1. The summed E-state index contributed by atoms with van der Waals surface area (Å²) in [4.78, 5) is 12.4. The molecule has 1 amide bonds. The van der Waals surface area contributed by atoms with E-state index < -0.39 is 0 Å². The fourth-order valence-corrected chi connectivity index (χ4v) is 3.50. The highest BCUT2D eigenvalue weighted by atomic mass is 35.5. The molecule has 5 nitrogen and oxygen atoms in total. The van der Waals surface area contributed by atoms with E-state index in [1.54, 1.807) is 6.07 Å². The number of halogens is 1. The van der Waals surface area contributed by atoms with Gasteiger partial charge in [0, 0.05) is 22.7 Å². The lowest BCUT2D eigenvalue weighted by molar-refractivity contribution is -0.115. The molecule has 0 spiro atoms. The molecular formula is C20H20ClN3O2. The van der Waals surface area contributed by atoms with Crippen LogP contribution in [-0.4, -0.2) is 28.4 Å². The summed E-state index contributed by atoms with van der Waals surface area (Å²) in [5.74, 6) is -0.0948. The van der Waals surface area contributed by atoms with Gasteiger partial charge in [-0.25, -0.2) is 0 Å². The Morgan fingerprint density at radius 1 is 1.31 bits per heavy atom. The molecule has 6 heteroatoms. The Hall–Kier alpha value is -2.37. The van der Waals surface area contributed by atoms with Gasteiger partial charge in [-0.15, -0.1) is 0 Å². The minimum atomic E-state index is -0.0948. The fourth-order valence-electron chi connectivity index (χ4n) is 3.29. The summed E-state index contributed by atoms with van der Waals surface area (Å²) in [6, 6.07) is 13.2. The summed E-state index contributed by atoms with van der Waals surface area (Å²) in [5, 5.41) is 9.07. The van der Waals surface area contributed by atoms with Crippen LogP contribution < -0.4 is 5.32 Å². The number of rotatable bonds is 5. The summed E-state index contributed by atoms with van der Waals surface area (Å²) >= 11 is 6.13. The van der Waals surface area contributed by atoms with Gasteiger partial charge in [0.2, 0.25) is 5.91 Å². The lowest BCUT2D eigenvalue weighted by Crippen LogP contribution is -2.16. The molecule has 0 aliphatic carbocycles. The Morgan fingerprint density at radius 2 is 2.19 bits per heavy atom. The minimum Gasteiger partial charge on any atom is -0.376 e. The van der Waals surface area contributed by atoms with E-state index in [4.69, 9.17) is 16.3 Å². The summed E-state index contributed by atoms with van der Waals surface area (Å²) in [6.45, 7) is 1.56. The highest BCUT2D eigenvalue weighted by molar-refractivity contribution is 6.31. The van der Waals surface area contributed by atoms with E-state index in [2.05, 4.69) is 10.4 Å². The maximum atomic E-state index is 12.4. The van der Waals surface area contributed by atoms with Crippen molar-refractivity contribution in [3.63, 3.8) is 0 Å². The zero-order valence-corrected chi connectivity index (χ0v) is 15.1. The van der Waals surface area contributed by atoms with E-state index in [-0.39, 0.29) is 18.4 Å². The van der Waals surface area contributed by atoms with Gasteiger partial charge in [0.15, 0.2) is 0 Å². The quantitative estimate of drug-likeness (QED) is 0.738. The van der Waals surface area contributed by atoms with Crippen LogP contribution in [0, 0.1) is 0 Å². The highest BCUT2D eigenvalue weighted by Gasteiger charge is 2.17. The molecule has 1 atom stereocenters. The summed E-state index contributed by atoms with van der Waals surface area (Å²) in [5.41, 5.74) is 2.57. The molecular weight excluding hydrogens is 350 g/mol. The van der Waals surface area contributed by atoms with Crippen molar-refractivity contribution < 1.29 is 9.53 Å². The van der Waals surface area contributed by atoms with Gasteiger partial charge in [-0.2, -0.15) is 5.10 Å². The predicted molar refractivity (Wildman–Crippen MR) is 102 cm³/mol. The first-order chi connectivity index (χ1) is 12.7. The molecule has 1 fully saturated rings. The van der Waals surface area contributed by atoms with Crippen LogP contribution in [0.15, 0.2) is 48.7 Å². The summed E-state index contributed by atoms with van der Waals surface area (Å²) < 4.78 is 7.66. The zero-order valence-electron chi connectivity index (χ0n) is 14.3. The smallest absolute Gasteiger partial charge is 0.228 e. The van der Waals surface area contributed by atoms with Crippen LogP contribution in [0.3, 0.4) is 0 Å². The minimum absolute atomic E-state index is 0.0948. The average Bonchev–Trinajstić information content (AvgIpc) is 3.28. The Morgan fingerprint density at radius 3 is 3.00 bits per heavy atom. The number of anilines is 1. The number of carbonyl (C=O) groups excluding carboxylic acids is 1. The lowest BCUT2D eigenvalue weighted by Gasteiger charge is -2.11. The number of carbonyl (C=O) groups is 1. The third-order valence-electron chi connectivity index (χ3n) is 4.64. The number of fused-ring (bicyclic) bond motifs is 1. The molecule has 1 aromatic heterocycles. The van der Waals surface area contributed by atoms with Crippen LogP contribution in [0.25, 0.3) is 10.9 Å². The van der Waals surface area contributed by atoms with Gasteiger partial charge in [-0.05, 0) is 42.7 Å². The normalized spacial score (nSPS) is 16.9. The van der Waals surface area contributed by atoms with Crippen LogP contribution in [0.2, 0.25) is 5.02 Å². The number of benzene rings is 2. The van der Waals surface area contributed by atoms with E-state index in [1.807, 2.05) is 47.3 Å². The van der Waals surface area contributed by atoms with Crippen LogP contribution in [0.4, 0.5) is 5.69 Å². The Balaban J connectivity index is 1.49. The van der Waals surface area contributed by atoms with Gasteiger partial charge in [-0.1, -0.05) is 29.8 Å². The Labute approximate surface area is 156 Å². The number of nitrogens with one attached hydrogen (secondary N) is 1. The number of aromatic nitrogens is 2. The highest BCUT2D eigenvalue weighted by Crippen LogP contribution is 2.22. The largest absolute Gasteiger partial charge is 0.376 e. The van der Waals surface area contributed by atoms with Gasteiger partial charge in [-0.3, -0.25) is 9.48 Å². The number of hydrogen-bond acceptors (Lipinski definition) is 3. The molecule has 1 unspecified atom stereocenters. The molecule has 26 heavy (non-hydrogen) atoms. The molecule has 0 saturated carbocycles. The van der Waals surface area contributed by atoms with Gasteiger partial charge < -0.3 is 10.1 Å². The molecule has 2 aromatic carbocycles. The van der Waals surface area contributed by atoms with Crippen molar-refractivity contribution in [2.24, 2.45) is 0 Å². The van der Waals surface area contributed by atoms with Crippen LogP contribution in [0.5, 0.6) is 0 Å². The van der Waals surface area contributed by atoms with Crippen molar-refractivity contribution in [2.45, 2.75) is 31.9 Å². The van der Waals surface area contributed by atoms with E-state index in [9.17, 15) is 4.79 Å². The first kappa shape index (κ1) is 17.1. The van der Waals surface area contributed by atoms with Gasteiger partial charge in [0.05, 0.1) is 30.8 Å². The molecule has 4 rings (SSSR count). The third kappa shape index (κ3) is 3.74. The molecule has 2 heterocycles. The van der Waals surface area contributed by atoms with Crippen molar-refractivity contribution in [1.29, 1.82) is 0 Å². The van der Waals surface area contributed by atoms with Crippen molar-refractivity contribution in [2.75, 3.05) is 11.9 Å². The molecule has 0 radical (unpaired) electrons. The zero-order chi connectivity index (χ0) is 17.9. The molecule has 1 N–H and O–H groups in total.